The molecule has 2 N–H and O–H groups in total. The van der Waals surface area contributed by atoms with E-state index >= 15 is 0 Å². The molecular formula is C16H23NO3S. The maximum Gasteiger partial charge on any atom is 0.326 e. The third-order valence-corrected chi connectivity index (χ3v) is 5.02. The highest BCUT2D eigenvalue weighted by Gasteiger charge is 2.23. The van der Waals surface area contributed by atoms with E-state index in [1.54, 1.807) is 0 Å². The first kappa shape index (κ1) is 16.0. The molecule has 4 nitrogen and oxygen atoms in total. The van der Waals surface area contributed by atoms with Crippen LogP contribution in [-0.4, -0.2) is 23.0 Å². The van der Waals surface area contributed by atoms with Gasteiger partial charge in [0.1, 0.15) is 6.04 Å². The molecule has 1 heterocycles. The minimum atomic E-state index is -0.963. The molecule has 5 heteroatoms. The average molecular weight is 309 g/mol. The van der Waals surface area contributed by atoms with Gasteiger partial charge in [0.05, 0.1) is 4.88 Å². The molecule has 0 spiro atoms. The monoisotopic (exact) mass is 309 g/mol. The number of hydrogen-bond donors (Lipinski definition) is 2. The van der Waals surface area contributed by atoms with Crippen LogP contribution >= 0.6 is 11.3 Å². The molecule has 0 bridgehead atoms. The van der Waals surface area contributed by atoms with E-state index in [-0.39, 0.29) is 11.8 Å². The number of rotatable bonds is 5. The van der Waals surface area contributed by atoms with Gasteiger partial charge in [0.15, 0.2) is 0 Å². The first-order valence-electron chi connectivity index (χ1n) is 7.62. The van der Waals surface area contributed by atoms with Crippen molar-refractivity contribution >= 4 is 23.2 Å². The van der Waals surface area contributed by atoms with Crippen molar-refractivity contribution in [3.8, 4) is 0 Å². The molecule has 0 aromatic carbocycles. The number of hydrogen-bond acceptors (Lipinski definition) is 3. The van der Waals surface area contributed by atoms with Crippen molar-refractivity contribution in [2.75, 3.05) is 0 Å². The summed E-state index contributed by atoms with van der Waals surface area (Å²) in [5.41, 5.74) is 1.28. The van der Waals surface area contributed by atoms with Crippen LogP contribution in [0.15, 0.2) is 6.07 Å². The van der Waals surface area contributed by atoms with Crippen LogP contribution < -0.4 is 5.32 Å². The molecule has 2 rings (SSSR count). The van der Waals surface area contributed by atoms with E-state index in [2.05, 4.69) is 5.32 Å². The number of carboxylic acids is 1. The molecule has 116 valence electrons. The van der Waals surface area contributed by atoms with Gasteiger partial charge in [0, 0.05) is 4.88 Å². The molecule has 1 aliphatic rings. The van der Waals surface area contributed by atoms with Crippen molar-refractivity contribution in [3.05, 3.63) is 21.4 Å². The number of aliphatic carboxylic acids is 1. The highest BCUT2D eigenvalue weighted by Crippen LogP contribution is 2.29. The Labute approximate surface area is 129 Å². The lowest BCUT2D eigenvalue weighted by Crippen LogP contribution is -2.41. The predicted molar refractivity (Wildman–Crippen MR) is 83.9 cm³/mol. The summed E-state index contributed by atoms with van der Waals surface area (Å²) in [6, 6.07) is 1.15. The third-order valence-electron chi connectivity index (χ3n) is 3.78. The molecule has 0 saturated heterocycles. The number of fused-ring (bicyclic) bond motifs is 1. The van der Waals surface area contributed by atoms with E-state index in [1.807, 2.05) is 19.9 Å². The van der Waals surface area contributed by atoms with Gasteiger partial charge in [-0.15, -0.1) is 11.3 Å². The topological polar surface area (TPSA) is 66.4 Å². The molecule has 1 atom stereocenters. The summed E-state index contributed by atoms with van der Waals surface area (Å²) in [5, 5.41) is 11.9. The van der Waals surface area contributed by atoms with Crippen LogP contribution in [0.5, 0.6) is 0 Å². The van der Waals surface area contributed by atoms with Gasteiger partial charge in [0.25, 0.3) is 5.91 Å². The number of carbonyl (C=O) groups excluding carboxylic acids is 1. The summed E-state index contributed by atoms with van der Waals surface area (Å²) in [4.78, 5) is 25.5. The predicted octanol–water partition coefficient (Wildman–Crippen LogP) is 3.25. The standard InChI is InChI=1S/C16H23NO3S/c1-10(2)8-12(16(19)20)17-15(18)14-9-11-6-4-3-5-7-13(11)21-14/h9-10,12H,3-8H2,1-2H3,(H,17,18)(H,19,20)/t12-/m1/s1. The third kappa shape index (κ3) is 4.30. The molecule has 21 heavy (non-hydrogen) atoms. The Hall–Kier alpha value is -1.36. The van der Waals surface area contributed by atoms with Gasteiger partial charge < -0.3 is 10.4 Å². The van der Waals surface area contributed by atoms with Crippen molar-refractivity contribution < 1.29 is 14.7 Å². The van der Waals surface area contributed by atoms with Gasteiger partial charge in [0.2, 0.25) is 0 Å². The lowest BCUT2D eigenvalue weighted by Gasteiger charge is -2.15. The average Bonchev–Trinajstić information content (AvgIpc) is 2.69. The first-order chi connectivity index (χ1) is 9.97. The molecule has 1 aliphatic carbocycles. The van der Waals surface area contributed by atoms with Crippen LogP contribution in [-0.2, 0) is 17.6 Å². The number of aryl methyl sites for hydroxylation is 2. The summed E-state index contributed by atoms with van der Waals surface area (Å²) in [5.74, 6) is -0.984. The number of thiophene rings is 1. The Morgan fingerprint density at radius 1 is 1.29 bits per heavy atom. The van der Waals surface area contributed by atoms with Crippen molar-refractivity contribution in [1.29, 1.82) is 0 Å². The lowest BCUT2D eigenvalue weighted by molar-refractivity contribution is -0.139. The van der Waals surface area contributed by atoms with E-state index in [0.29, 0.717) is 11.3 Å². The maximum absolute atomic E-state index is 12.3. The second-order valence-electron chi connectivity index (χ2n) is 6.11. The van der Waals surface area contributed by atoms with Gasteiger partial charge in [-0.1, -0.05) is 20.3 Å². The number of amides is 1. The van der Waals surface area contributed by atoms with Crippen molar-refractivity contribution in [2.24, 2.45) is 5.92 Å². The van der Waals surface area contributed by atoms with Crippen LogP contribution in [0, 0.1) is 5.92 Å². The number of carbonyl (C=O) groups is 2. The van der Waals surface area contributed by atoms with Gasteiger partial charge in [-0.2, -0.15) is 0 Å². The first-order valence-corrected chi connectivity index (χ1v) is 8.44. The van der Waals surface area contributed by atoms with Crippen molar-refractivity contribution in [2.45, 2.75) is 58.4 Å². The zero-order valence-corrected chi connectivity index (χ0v) is 13.5. The fraction of sp³-hybridized carbons (Fsp3) is 0.625. The van der Waals surface area contributed by atoms with Crippen LogP contribution in [0.3, 0.4) is 0 Å². The summed E-state index contributed by atoms with van der Waals surface area (Å²) in [6.07, 6.45) is 6.13. The van der Waals surface area contributed by atoms with Gasteiger partial charge in [-0.05, 0) is 49.7 Å². The zero-order valence-electron chi connectivity index (χ0n) is 12.6. The highest BCUT2D eigenvalue weighted by atomic mass is 32.1. The highest BCUT2D eigenvalue weighted by molar-refractivity contribution is 7.14. The van der Waals surface area contributed by atoms with E-state index < -0.39 is 12.0 Å². The second kappa shape index (κ2) is 7.07. The quantitative estimate of drug-likeness (QED) is 0.821. The SMILES string of the molecule is CC(C)C[C@@H](NC(=O)c1cc2c(s1)CCCCC2)C(=O)O. The lowest BCUT2D eigenvalue weighted by atomic mass is 10.0. The normalized spacial score (nSPS) is 16.1. The Bertz CT molecular complexity index is 498. The molecule has 0 unspecified atom stereocenters. The largest absolute Gasteiger partial charge is 0.480 e. The fourth-order valence-corrected chi connectivity index (χ4v) is 3.86. The van der Waals surface area contributed by atoms with E-state index in [9.17, 15) is 14.7 Å². The Balaban J connectivity index is 2.07. The summed E-state index contributed by atoms with van der Waals surface area (Å²) < 4.78 is 0. The molecule has 1 amide bonds. The molecular weight excluding hydrogens is 286 g/mol. The smallest absolute Gasteiger partial charge is 0.326 e. The maximum atomic E-state index is 12.3. The van der Waals surface area contributed by atoms with Gasteiger partial charge in [-0.3, -0.25) is 4.79 Å². The Morgan fingerprint density at radius 3 is 2.67 bits per heavy atom. The number of carboxylic acid groups (broad SMARTS) is 1. The summed E-state index contributed by atoms with van der Waals surface area (Å²) in [7, 11) is 0. The van der Waals surface area contributed by atoms with Crippen LogP contribution in [0.4, 0.5) is 0 Å². The molecule has 0 aliphatic heterocycles. The molecule has 0 radical (unpaired) electrons. The van der Waals surface area contributed by atoms with Crippen LogP contribution in [0.25, 0.3) is 0 Å². The van der Waals surface area contributed by atoms with Crippen molar-refractivity contribution in [1.82, 2.24) is 5.32 Å². The minimum absolute atomic E-state index is 0.228. The van der Waals surface area contributed by atoms with Gasteiger partial charge in [-0.25, -0.2) is 4.79 Å². The zero-order chi connectivity index (χ0) is 15.4. The minimum Gasteiger partial charge on any atom is -0.480 e. The Kier molecular flexibility index (Phi) is 5.39. The van der Waals surface area contributed by atoms with Crippen LogP contribution in [0.2, 0.25) is 0 Å². The van der Waals surface area contributed by atoms with E-state index in [0.717, 1.165) is 12.8 Å². The summed E-state index contributed by atoms with van der Waals surface area (Å²) in [6.45, 7) is 3.91. The van der Waals surface area contributed by atoms with Gasteiger partial charge >= 0.3 is 5.97 Å². The second-order valence-corrected chi connectivity index (χ2v) is 7.25. The number of nitrogens with one attached hydrogen (secondary N) is 1. The molecule has 0 fully saturated rings. The fourth-order valence-electron chi connectivity index (χ4n) is 2.70. The Morgan fingerprint density at radius 2 is 2.00 bits per heavy atom. The molecule has 1 aromatic heterocycles. The van der Waals surface area contributed by atoms with Crippen LogP contribution in [0.1, 0.15) is 59.6 Å². The molecule has 0 saturated carbocycles. The van der Waals surface area contributed by atoms with Crippen molar-refractivity contribution in [3.63, 3.8) is 0 Å². The molecule has 1 aromatic rings. The van der Waals surface area contributed by atoms with E-state index in [4.69, 9.17) is 0 Å². The summed E-state index contributed by atoms with van der Waals surface area (Å²) >= 11 is 1.52. The van der Waals surface area contributed by atoms with E-state index in [1.165, 1.54) is 41.0 Å².